The first-order valence-corrected chi connectivity index (χ1v) is 6.20. The number of fused-ring (bicyclic) bond motifs is 1. The Morgan fingerprint density at radius 1 is 1.38 bits per heavy atom. The minimum atomic E-state index is -1.93. The number of hydrogen-bond donors (Lipinski definition) is 4. The van der Waals surface area contributed by atoms with Gasteiger partial charge in [-0.05, 0) is 0 Å². The molecule has 21 heavy (non-hydrogen) atoms. The van der Waals surface area contributed by atoms with Gasteiger partial charge in [0, 0.05) is 0 Å². The highest BCUT2D eigenvalue weighted by atomic mass is 19.1. The van der Waals surface area contributed by atoms with Gasteiger partial charge in [0.1, 0.15) is 36.8 Å². The summed E-state index contributed by atoms with van der Waals surface area (Å²) in [5, 5.41) is 29.2. The number of anilines is 1. The number of aliphatic hydroxyl groups excluding tert-OH is 3. The summed E-state index contributed by atoms with van der Waals surface area (Å²) >= 11 is 0. The van der Waals surface area contributed by atoms with E-state index < -0.39 is 37.3 Å². The van der Waals surface area contributed by atoms with Crippen LogP contribution in [0.4, 0.5) is 10.2 Å². The zero-order valence-corrected chi connectivity index (χ0v) is 10.8. The molecule has 1 fully saturated rings. The Labute approximate surface area is 117 Å². The number of imidazole rings is 1. The molecule has 9 nitrogen and oxygen atoms in total. The first-order chi connectivity index (χ1) is 10.0. The summed E-state index contributed by atoms with van der Waals surface area (Å²) in [5.74, 6) is 0.0968. The lowest BCUT2D eigenvalue weighted by Gasteiger charge is -2.30. The molecule has 0 saturated carbocycles. The van der Waals surface area contributed by atoms with Gasteiger partial charge in [-0.1, -0.05) is 0 Å². The highest BCUT2D eigenvalue weighted by molar-refractivity contribution is 5.81. The molecule has 4 atom stereocenters. The van der Waals surface area contributed by atoms with Crippen molar-refractivity contribution < 1.29 is 24.4 Å². The van der Waals surface area contributed by atoms with Crippen molar-refractivity contribution in [3.8, 4) is 0 Å². The van der Waals surface area contributed by atoms with E-state index in [1.54, 1.807) is 0 Å². The average molecular weight is 299 g/mol. The maximum absolute atomic E-state index is 13.7. The van der Waals surface area contributed by atoms with Gasteiger partial charge in [-0.25, -0.2) is 19.3 Å². The zero-order chi connectivity index (χ0) is 15.2. The first kappa shape index (κ1) is 14.1. The maximum atomic E-state index is 13.7. The van der Waals surface area contributed by atoms with E-state index in [1.165, 1.54) is 12.7 Å². The van der Waals surface area contributed by atoms with Crippen LogP contribution in [-0.2, 0) is 10.5 Å². The lowest BCUT2D eigenvalue weighted by Crippen LogP contribution is -2.47. The normalized spacial score (nSPS) is 32.9. The summed E-state index contributed by atoms with van der Waals surface area (Å²) in [6, 6.07) is 0. The summed E-state index contributed by atoms with van der Waals surface area (Å²) < 4.78 is 20.2. The molecule has 3 heterocycles. The van der Waals surface area contributed by atoms with E-state index in [-0.39, 0.29) is 17.0 Å². The molecule has 1 saturated heterocycles. The van der Waals surface area contributed by atoms with E-state index in [1.807, 2.05) is 0 Å². The molecule has 2 aromatic heterocycles. The highest BCUT2D eigenvalue weighted by Crippen LogP contribution is 2.38. The van der Waals surface area contributed by atoms with Crippen LogP contribution < -0.4 is 5.73 Å². The van der Waals surface area contributed by atoms with Crippen LogP contribution in [0.15, 0.2) is 12.7 Å². The van der Waals surface area contributed by atoms with Gasteiger partial charge in [0.2, 0.25) is 5.72 Å². The van der Waals surface area contributed by atoms with E-state index in [4.69, 9.17) is 15.6 Å². The first-order valence-electron chi connectivity index (χ1n) is 6.20. The van der Waals surface area contributed by atoms with Gasteiger partial charge >= 0.3 is 0 Å². The van der Waals surface area contributed by atoms with Crippen LogP contribution in [0, 0.1) is 0 Å². The van der Waals surface area contributed by atoms with Gasteiger partial charge in [0.25, 0.3) is 0 Å². The van der Waals surface area contributed by atoms with E-state index in [0.29, 0.717) is 0 Å². The molecule has 1 aliphatic heterocycles. The molecule has 0 amide bonds. The Hall–Kier alpha value is -1.88. The second kappa shape index (κ2) is 4.84. The van der Waals surface area contributed by atoms with Gasteiger partial charge < -0.3 is 25.8 Å². The Kier molecular flexibility index (Phi) is 3.24. The van der Waals surface area contributed by atoms with Crippen molar-refractivity contribution in [3.63, 3.8) is 0 Å². The smallest absolute Gasteiger partial charge is 0.205 e. The molecule has 5 N–H and O–H groups in total. The van der Waals surface area contributed by atoms with E-state index in [2.05, 4.69) is 15.0 Å². The van der Waals surface area contributed by atoms with E-state index in [9.17, 15) is 14.6 Å². The number of alkyl halides is 1. The summed E-state index contributed by atoms with van der Waals surface area (Å²) in [6.07, 6.45) is -1.79. The predicted molar refractivity (Wildman–Crippen MR) is 67.7 cm³/mol. The highest BCUT2D eigenvalue weighted by Gasteiger charge is 2.56. The Morgan fingerprint density at radius 2 is 2.14 bits per heavy atom. The molecule has 0 spiro atoms. The molecule has 114 valence electrons. The summed E-state index contributed by atoms with van der Waals surface area (Å²) in [7, 11) is 0. The Bertz CT molecular complexity index is 667. The summed E-state index contributed by atoms with van der Waals surface area (Å²) in [5.41, 5.74) is 4.11. The fourth-order valence-corrected chi connectivity index (χ4v) is 2.52. The molecule has 10 heteroatoms. The van der Waals surface area contributed by atoms with Crippen LogP contribution in [0.25, 0.3) is 11.2 Å². The number of hydrogen-bond acceptors (Lipinski definition) is 8. The van der Waals surface area contributed by atoms with Gasteiger partial charge in [0.05, 0.1) is 12.9 Å². The maximum Gasteiger partial charge on any atom is 0.205 e. The van der Waals surface area contributed by atoms with Crippen LogP contribution >= 0.6 is 0 Å². The van der Waals surface area contributed by atoms with Crippen LogP contribution in [0.3, 0.4) is 0 Å². The number of nitrogens with two attached hydrogens (primary N) is 1. The predicted octanol–water partition coefficient (Wildman–Crippen LogP) is -1.86. The van der Waals surface area contributed by atoms with Crippen molar-refractivity contribution in [1.82, 2.24) is 19.5 Å². The number of halogens is 1. The number of aromatic nitrogens is 4. The molecule has 0 bridgehead atoms. The number of nitrogens with zero attached hydrogens (tertiary/aromatic N) is 4. The summed E-state index contributed by atoms with van der Waals surface area (Å²) in [6.45, 7) is -1.72. The number of aliphatic hydroxyl groups is 3. The second-order valence-corrected chi connectivity index (χ2v) is 4.80. The average Bonchev–Trinajstić information content (AvgIpc) is 3.03. The monoisotopic (exact) mass is 299 g/mol. The molecular formula is C11H14FN5O4. The molecule has 0 aliphatic carbocycles. The van der Waals surface area contributed by atoms with Crippen molar-refractivity contribution in [2.24, 2.45) is 0 Å². The number of ether oxygens (including phenoxy) is 1. The van der Waals surface area contributed by atoms with Crippen LogP contribution in [0.2, 0.25) is 0 Å². The molecule has 0 aromatic carbocycles. The molecule has 1 aliphatic rings. The van der Waals surface area contributed by atoms with Crippen molar-refractivity contribution >= 4 is 17.0 Å². The fraction of sp³-hybridized carbons (Fsp3) is 0.545. The zero-order valence-electron chi connectivity index (χ0n) is 10.8. The third-order valence-corrected chi connectivity index (χ3v) is 3.66. The Morgan fingerprint density at radius 3 is 2.76 bits per heavy atom. The molecular weight excluding hydrogens is 285 g/mol. The van der Waals surface area contributed by atoms with Crippen LogP contribution in [-0.4, -0.2) is 66.4 Å². The fourth-order valence-electron chi connectivity index (χ4n) is 2.52. The van der Waals surface area contributed by atoms with E-state index >= 15 is 0 Å². The molecule has 3 rings (SSSR count). The Balaban J connectivity index is 2.17. The van der Waals surface area contributed by atoms with Crippen molar-refractivity contribution in [1.29, 1.82) is 0 Å². The van der Waals surface area contributed by atoms with Crippen molar-refractivity contribution in [2.45, 2.75) is 24.0 Å². The summed E-state index contributed by atoms with van der Waals surface area (Å²) in [4.78, 5) is 11.7. The molecule has 0 radical (unpaired) electrons. The van der Waals surface area contributed by atoms with Crippen LogP contribution in [0.5, 0.6) is 0 Å². The largest absolute Gasteiger partial charge is 0.394 e. The third-order valence-electron chi connectivity index (χ3n) is 3.66. The third kappa shape index (κ3) is 1.80. The quantitative estimate of drug-likeness (QED) is 0.517. The topological polar surface area (TPSA) is 140 Å². The molecule has 0 unspecified atom stereocenters. The minimum Gasteiger partial charge on any atom is -0.394 e. The van der Waals surface area contributed by atoms with Gasteiger partial charge in [0.15, 0.2) is 11.5 Å². The lowest BCUT2D eigenvalue weighted by atomic mass is 10.0. The van der Waals surface area contributed by atoms with Crippen molar-refractivity contribution in [2.75, 3.05) is 19.0 Å². The molecule has 2 aromatic rings. The number of nitrogen functional groups attached to an aromatic ring is 1. The van der Waals surface area contributed by atoms with Crippen molar-refractivity contribution in [3.05, 3.63) is 12.7 Å². The van der Waals surface area contributed by atoms with Crippen LogP contribution in [0.1, 0.15) is 0 Å². The van der Waals surface area contributed by atoms with Gasteiger partial charge in [-0.15, -0.1) is 0 Å². The van der Waals surface area contributed by atoms with Gasteiger partial charge in [-0.2, -0.15) is 0 Å². The van der Waals surface area contributed by atoms with Gasteiger partial charge in [-0.3, -0.25) is 4.57 Å². The number of rotatable bonds is 3. The standard InChI is InChI=1S/C11H14FN5O4/c12-2-11(8(20)7(19)5(1-18)21-11)17-4-16-6-9(13)14-3-15-10(6)17/h3-5,7-8,18-20H,1-2H2,(H2,13,14,15)/t5-,7-,8-,11-/m1/s1. The SMILES string of the molecule is Nc1ncnc2c1ncn2[C@]1(CF)O[C@H](CO)[C@@H](O)[C@H]1O. The second-order valence-electron chi connectivity index (χ2n) is 4.80. The minimum absolute atomic E-state index is 0.0968. The lowest BCUT2D eigenvalue weighted by molar-refractivity contribution is -0.156. The van der Waals surface area contributed by atoms with E-state index in [0.717, 1.165) is 4.57 Å².